The zero-order valence-corrected chi connectivity index (χ0v) is 40.6. The number of hydrogen-bond donors (Lipinski definition) is 0. The number of fused-ring (bicyclic) bond motifs is 6. The summed E-state index contributed by atoms with van der Waals surface area (Å²) in [5.41, 5.74) is 7.04. The van der Waals surface area contributed by atoms with Crippen molar-refractivity contribution in [3.05, 3.63) is 291 Å². The Morgan fingerprint density at radius 3 is 0.771 bits per heavy atom. The van der Waals surface area contributed by atoms with Crippen LogP contribution in [0.4, 0.5) is 0 Å². The molecule has 0 radical (unpaired) electrons. The van der Waals surface area contributed by atoms with E-state index in [1.54, 1.807) is 0 Å². The van der Waals surface area contributed by atoms with E-state index in [-0.39, 0.29) is 0 Å². The van der Waals surface area contributed by atoms with E-state index in [4.69, 9.17) is 0 Å². The molecule has 0 amide bonds. The van der Waals surface area contributed by atoms with Crippen LogP contribution in [0.2, 0.25) is 0 Å². The quantitative estimate of drug-likeness (QED) is 0.0956. The highest BCUT2D eigenvalue weighted by molar-refractivity contribution is 7.20. The van der Waals surface area contributed by atoms with Gasteiger partial charge >= 0.3 is 0 Å². The van der Waals surface area contributed by atoms with Gasteiger partial charge in [0.1, 0.15) is 0 Å². The summed E-state index contributed by atoms with van der Waals surface area (Å²) in [5.74, 6) is 0. The summed E-state index contributed by atoms with van der Waals surface area (Å²) >= 11 is 0. The monoisotopic (exact) mass is 924 g/mol. The summed E-state index contributed by atoms with van der Waals surface area (Å²) < 4.78 is 5.04. The fourth-order valence-electron chi connectivity index (χ4n) is 11.9. The minimum absolute atomic E-state index is 1.15. The van der Waals surface area contributed by atoms with Crippen LogP contribution in [0, 0.1) is 0 Å². The average molecular weight is 925 g/mol. The normalized spacial score (nSPS) is 12.0. The van der Waals surface area contributed by atoms with Gasteiger partial charge in [-0.3, -0.25) is 0 Å². The molecule has 4 heteroatoms. The molecule has 2 heterocycles. The van der Waals surface area contributed by atoms with E-state index in [1.807, 2.05) is 0 Å². The molecule has 0 aliphatic carbocycles. The van der Waals surface area contributed by atoms with Gasteiger partial charge in [0.05, 0.1) is 22.1 Å². The van der Waals surface area contributed by atoms with E-state index in [0.29, 0.717) is 0 Å². The van der Waals surface area contributed by atoms with Gasteiger partial charge in [-0.05, 0) is 90.0 Å². The SMILES string of the molecule is c1ccc([Si](c2ccccc2)(c2ccccc2)c2cccc(-n3c4ccccc4c4cc5c6ccccc6n(-c6cccc([Si](c7ccccc7)(c7ccccc7)c7ccccc7)c6)c5cc43)c2)cc1. The maximum absolute atomic E-state index is 2.81. The Kier molecular flexibility index (Phi) is 10.2. The first-order valence-electron chi connectivity index (χ1n) is 24.3. The van der Waals surface area contributed by atoms with Gasteiger partial charge in [0.25, 0.3) is 0 Å². The first-order valence-corrected chi connectivity index (χ1v) is 28.3. The Labute approximate surface area is 410 Å². The second-order valence-electron chi connectivity index (χ2n) is 18.4. The molecule has 2 nitrogen and oxygen atoms in total. The van der Waals surface area contributed by atoms with Crippen LogP contribution >= 0.6 is 0 Å². The molecule has 0 aliphatic heterocycles. The van der Waals surface area contributed by atoms with E-state index in [2.05, 4.69) is 300 Å². The van der Waals surface area contributed by atoms with Crippen LogP contribution in [-0.4, -0.2) is 25.3 Å². The predicted octanol–water partition coefficient (Wildman–Crippen LogP) is 10.6. The molecule has 13 aromatic rings. The van der Waals surface area contributed by atoms with E-state index < -0.39 is 16.1 Å². The molecule has 0 fully saturated rings. The zero-order chi connectivity index (χ0) is 46.5. The van der Waals surface area contributed by atoms with Crippen molar-refractivity contribution in [1.29, 1.82) is 0 Å². The number of benzene rings is 11. The number of nitrogens with zero attached hydrogens (tertiary/aromatic N) is 2. The molecule has 0 aliphatic rings. The molecule has 0 saturated carbocycles. The lowest BCUT2D eigenvalue weighted by Crippen LogP contribution is -2.74. The van der Waals surface area contributed by atoms with Crippen molar-refractivity contribution in [1.82, 2.24) is 9.13 Å². The maximum atomic E-state index is 2.52. The largest absolute Gasteiger partial charge is 0.309 e. The Balaban J connectivity index is 1.08. The van der Waals surface area contributed by atoms with Crippen molar-refractivity contribution in [2.45, 2.75) is 0 Å². The molecule has 13 rings (SSSR count). The van der Waals surface area contributed by atoms with Crippen molar-refractivity contribution in [3.63, 3.8) is 0 Å². The van der Waals surface area contributed by atoms with E-state index in [0.717, 1.165) is 11.4 Å². The molecule has 0 saturated heterocycles. The third-order valence-electron chi connectivity index (χ3n) is 14.8. The Bertz CT molecular complexity index is 3530. The molecule has 0 N–H and O–H groups in total. The Morgan fingerprint density at radius 1 is 0.186 bits per heavy atom. The summed E-state index contributed by atoms with van der Waals surface area (Å²) in [7, 11) is -5.61. The molecule has 70 heavy (non-hydrogen) atoms. The van der Waals surface area contributed by atoms with Gasteiger partial charge in [0.15, 0.2) is 16.1 Å². The summed E-state index contributed by atoms with van der Waals surface area (Å²) in [6.45, 7) is 0. The van der Waals surface area contributed by atoms with Gasteiger partial charge in [-0.2, -0.15) is 0 Å². The highest BCUT2D eigenvalue weighted by atomic mass is 28.3. The molecular formula is C66H48N2Si2. The summed E-state index contributed by atoms with van der Waals surface area (Å²) in [6.07, 6.45) is 0. The lowest BCUT2D eigenvalue weighted by molar-refractivity contribution is 1.17. The molecule has 2 aromatic heterocycles. The van der Waals surface area contributed by atoms with Gasteiger partial charge in [-0.15, -0.1) is 0 Å². The van der Waals surface area contributed by atoms with Gasteiger partial charge < -0.3 is 9.13 Å². The van der Waals surface area contributed by atoms with Gasteiger partial charge in [0, 0.05) is 32.9 Å². The first-order chi connectivity index (χ1) is 34.7. The third kappa shape index (κ3) is 6.45. The number of aromatic nitrogens is 2. The maximum Gasteiger partial charge on any atom is 0.179 e. The van der Waals surface area contributed by atoms with E-state index in [1.165, 1.54) is 85.1 Å². The number of hydrogen-bond acceptors (Lipinski definition) is 0. The summed E-state index contributed by atoms with van der Waals surface area (Å²) in [4.78, 5) is 0. The smallest absolute Gasteiger partial charge is 0.179 e. The topological polar surface area (TPSA) is 9.86 Å². The molecule has 0 atom stereocenters. The van der Waals surface area contributed by atoms with Crippen molar-refractivity contribution in [2.75, 3.05) is 0 Å². The fourth-order valence-corrected chi connectivity index (χ4v) is 21.4. The van der Waals surface area contributed by atoms with Crippen molar-refractivity contribution in [3.8, 4) is 11.4 Å². The van der Waals surface area contributed by atoms with Gasteiger partial charge in [0.2, 0.25) is 0 Å². The van der Waals surface area contributed by atoms with Crippen molar-refractivity contribution < 1.29 is 0 Å². The summed E-state index contributed by atoms with van der Waals surface area (Å²) in [5, 5.41) is 15.8. The Morgan fingerprint density at radius 2 is 0.457 bits per heavy atom. The van der Waals surface area contributed by atoms with E-state index >= 15 is 0 Å². The molecule has 0 unspecified atom stereocenters. The minimum Gasteiger partial charge on any atom is -0.309 e. The molecule has 0 spiro atoms. The van der Waals surface area contributed by atoms with Crippen LogP contribution < -0.4 is 41.5 Å². The molecule has 330 valence electrons. The van der Waals surface area contributed by atoms with Gasteiger partial charge in [-0.1, -0.05) is 243 Å². The molecular weight excluding hydrogens is 877 g/mol. The fraction of sp³-hybridized carbons (Fsp3) is 0. The van der Waals surface area contributed by atoms with Crippen LogP contribution in [0.15, 0.2) is 291 Å². The number of para-hydroxylation sites is 2. The predicted molar refractivity (Wildman–Crippen MR) is 302 cm³/mol. The standard InChI is InChI=1S/C66H48N2Si2/c1-7-27-51(28-8-1)69(52-29-9-2-10-30-52,53-31-11-3-12-32-53)57-39-23-25-49(45-57)67-63-43-21-19-41-59(63)61-47-62-60-42-20-22-44-64(60)68(66(62)48-65(61)67)50-26-24-40-58(46-50)70(54-33-13-4-14-34-54,55-35-15-5-16-36-55)56-37-17-6-18-38-56/h1-48H. The first kappa shape index (κ1) is 41.6. The molecule has 11 aromatic carbocycles. The number of rotatable bonds is 10. The van der Waals surface area contributed by atoms with Crippen molar-refractivity contribution >= 4 is 101 Å². The average Bonchev–Trinajstić information content (AvgIpc) is 3.94. The van der Waals surface area contributed by atoms with E-state index in [9.17, 15) is 0 Å². The Hall–Kier alpha value is -8.55. The van der Waals surface area contributed by atoms with Gasteiger partial charge in [-0.25, -0.2) is 0 Å². The summed E-state index contributed by atoms with van der Waals surface area (Å²) in [6, 6.07) is 109. The lowest BCUT2D eigenvalue weighted by Gasteiger charge is -2.34. The third-order valence-corrected chi connectivity index (χ3v) is 24.3. The van der Waals surface area contributed by atoms with Crippen LogP contribution in [0.1, 0.15) is 0 Å². The van der Waals surface area contributed by atoms with Crippen LogP contribution in [0.3, 0.4) is 0 Å². The van der Waals surface area contributed by atoms with Crippen molar-refractivity contribution in [2.24, 2.45) is 0 Å². The van der Waals surface area contributed by atoms with Crippen LogP contribution in [0.25, 0.3) is 55.0 Å². The highest BCUT2D eigenvalue weighted by Gasteiger charge is 2.43. The van der Waals surface area contributed by atoms with Crippen LogP contribution in [0.5, 0.6) is 0 Å². The highest BCUT2D eigenvalue weighted by Crippen LogP contribution is 2.39. The second kappa shape index (κ2) is 17.2. The lowest BCUT2D eigenvalue weighted by atomic mass is 10.1. The minimum atomic E-state index is -2.81. The second-order valence-corrected chi connectivity index (χ2v) is 26.0. The molecule has 0 bridgehead atoms. The van der Waals surface area contributed by atoms with Crippen LogP contribution in [-0.2, 0) is 0 Å². The zero-order valence-electron chi connectivity index (χ0n) is 38.6.